The maximum Gasteiger partial charge on any atom is 0.233 e. The predicted octanol–water partition coefficient (Wildman–Crippen LogP) is 4.55. The Bertz CT molecular complexity index is 1100. The number of hydrogen-bond donors (Lipinski definition) is 0. The first kappa shape index (κ1) is 19.8. The molecule has 0 aliphatic heterocycles. The van der Waals surface area contributed by atoms with Crippen molar-refractivity contribution < 1.29 is 9.21 Å². The van der Waals surface area contributed by atoms with Crippen LogP contribution in [0, 0.1) is 0 Å². The van der Waals surface area contributed by atoms with E-state index < -0.39 is 0 Å². The molecule has 150 valence electrons. The molecule has 0 fully saturated rings. The standard InChI is InChI=1S/C23H20N4O2S/c1-27(15-19-13-8-14-29-19)20(28)16-30-23-24-21(17-9-4-2-5-10-17)22(25-26-23)18-11-6-3-7-12-18/h2-14H,15-16H2,1H3. The van der Waals surface area contributed by atoms with E-state index in [4.69, 9.17) is 9.40 Å². The van der Waals surface area contributed by atoms with Gasteiger partial charge in [0.05, 0.1) is 18.6 Å². The van der Waals surface area contributed by atoms with Crippen molar-refractivity contribution in [2.45, 2.75) is 11.7 Å². The summed E-state index contributed by atoms with van der Waals surface area (Å²) in [6.07, 6.45) is 1.60. The topological polar surface area (TPSA) is 72.1 Å². The minimum absolute atomic E-state index is 0.0339. The summed E-state index contributed by atoms with van der Waals surface area (Å²) in [4.78, 5) is 18.8. The molecule has 0 bridgehead atoms. The summed E-state index contributed by atoms with van der Waals surface area (Å²) >= 11 is 1.28. The van der Waals surface area contributed by atoms with Crippen LogP contribution in [0.1, 0.15) is 5.76 Å². The number of benzene rings is 2. The average Bonchev–Trinajstić information content (AvgIpc) is 3.31. The zero-order valence-electron chi connectivity index (χ0n) is 16.4. The second kappa shape index (κ2) is 9.37. The molecule has 2 aromatic carbocycles. The van der Waals surface area contributed by atoms with Gasteiger partial charge in [-0.05, 0) is 12.1 Å². The molecule has 0 unspecified atom stereocenters. The van der Waals surface area contributed by atoms with Gasteiger partial charge in [-0.1, -0.05) is 72.4 Å². The fourth-order valence-electron chi connectivity index (χ4n) is 2.92. The van der Waals surface area contributed by atoms with Gasteiger partial charge >= 0.3 is 0 Å². The average molecular weight is 417 g/mol. The van der Waals surface area contributed by atoms with Crippen molar-refractivity contribution in [2.24, 2.45) is 0 Å². The Balaban J connectivity index is 1.54. The van der Waals surface area contributed by atoms with Gasteiger partial charge in [-0.3, -0.25) is 4.79 Å². The van der Waals surface area contributed by atoms with E-state index in [0.717, 1.165) is 22.6 Å². The molecule has 0 aliphatic carbocycles. The summed E-state index contributed by atoms with van der Waals surface area (Å²) < 4.78 is 5.30. The Morgan fingerprint density at radius 1 is 0.900 bits per heavy atom. The fourth-order valence-corrected chi connectivity index (χ4v) is 3.65. The highest BCUT2D eigenvalue weighted by atomic mass is 32.2. The normalized spacial score (nSPS) is 10.7. The van der Waals surface area contributed by atoms with E-state index in [1.807, 2.05) is 66.7 Å². The Hall–Kier alpha value is -3.45. The molecule has 0 N–H and O–H groups in total. The van der Waals surface area contributed by atoms with Crippen LogP contribution in [0.4, 0.5) is 0 Å². The van der Waals surface area contributed by atoms with E-state index in [1.165, 1.54) is 11.8 Å². The molecule has 1 amide bonds. The molecular weight excluding hydrogens is 396 g/mol. The van der Waals surface area contributed by atoms with E-state index in [1.54, 1.807) is 24.3 Å². The first-order chi connectivity index (χ1) is 14.7. The molecule has 2 aromatic heterocycles. The largest absolute Gasteiger partial charge is 0.467 e. The lowest BCUT2D eigenvalue weighted by atomic mass is 10.0. The summed E-state index contributed by atoms with van der Waals surface area (Å²) in [7, 11) is 1.75. The van der Waals surface area contributed by atoms with E-state index >= 15 is 0 Å². The van der Waals surface area contributed by atoms with Gasteiger partial charge in [-0.25, -0.2) is 4.98 Å². The van der Waals surface area contributed by atoms with Gasteiger partial charge in [0.15, 0.2) is 0 Å². The zero-order valence-corrected chi connectivity index (χ0v) is 17.2. The van der Waals surface area contributed by atoms with Crippen LogP contribution in [0.2, 0.25) is 0 Å². The van der Waals surface area contributed by atoms with Crippen LogP contribution in [-0.4, -0.2) is 38.8 Å². The van der Waals surface area contributed by atoms with Crippen molar-refractivity contribution in [2.75, 3.05) is 12.8 Å². The number of hydrogen-bond acceptors (Lipinski definition) is 6. The first-order valence-electron chi connectivity index (χ1n) is 9.45. The molecule has 0 saturated carbocycles. The summed E-state index contributed by atoms with van der Waals surface area (Å²) in [6.45, 7) is 0.424. The molecule has 4 rings (SSSR count). The number of nitrogens with zero attached hydrogens (tertiary/aromatic N) is 4. The van der Waals surface area contributed by atoms with Crippen LogP contribution >= 0.6 is 11.8 Å². The van der Waals surface area contributed by atoms with E-state index in [-0.39, 0.29) is 11.7 Å². The van der Waals surface area contributed by atoms with Crippen LogP contribution in [0.3, 0.4) is 0 Å². The molecule has 4 aromatic rings. The Morgan fingerprint density at radius 2 is 1.57 bits per heavy atom. The zero-order chi connectivity index (χ0) is 20.8. The number of amides is 1. The maximum atomic E-state index is 12.5. The van der Waals surface area contributed by atoms with E-state index in [9.17, 15) is 4.79 Å². The van der Waals surface area contributed by atoms with Gasteiger partial charge in [0.1, 0.15) is 17.1 Å². The number of carbonyl (C=O) groups is 1. The summed E-state index contributed by atoms with van der Waals surface area (Å²) in [5.41, 5.74) is 3.36. The highest BCUT2D eigenvalue weighted by Crippen LogP contribution is 2.29. The van der Waals surface area contributed by atoms with Crippen molar-refractivity contribution in [1.29, 1.82) is 0 Å². The third-order valence-electron chi connectivity index (χ3n) is 4.49. The number of aromatic nitrogens is 3. The molecule has 0 saturated heterocycles. The molecule has 2 heterocycles. The number of rotatable bonds is 7. The summed E-state index contributed by atoms with van der Waals surface area (Å²) in [5.74, 6) is 0.929. The minimum atomic E-state index is -0.0339. The second-order valence-corrected chi connectivity index (χ2v) is 7.58. The fraction of sp³-hybridized carbons (Fsp3) is 0.130. The third-order valence-corrected chi connectivity index (χ3v) is 5.31. The van der Waals surface area contributed by atoms with Crippen molar-refractivity contribution in [3.63, 3.8) is 0 Å². The van der Waals surface area contributed by atoms with Gasteiger partial charge in [0.25, 0.3) is 0 Å². The molecule has 30 heavy (non-hydrogen) atoms. The minimum Gasteiger partial charge on any atom is -0.467 e. The lowest BCUT2D eigenvalue weighted by Crippen LogP contribution is -2.27. The summed E-state index contributed by atoms with van der Waals surface area (Å²) in [5, 5.41) is 9.16. The highest BCUT2D eigenvalue weighted by Gasteiger charge is 2.16. The van der Waals surface area contributed by atoms with Gasteiger partial charge in [-0.15, -0.1) is 10.2 Å². The van der Waals surface area contributed by atoms with Crippen molar-refractivity contribution in [3.05, 3.63) is 84.8 Å². The molecule has 7 heteroatoms. The molecule has 0 atom stereocenters. The van der Waals surface area contributed by atoms with Crippen molar-refractivity contribution >= 4 is 17.7 Å². The predicted molar refractivity (Wildman–Crippen MR) is 117 cm³/mol. The molecular formula is C23H20N4O2S. The molecule has 0 spiro atoms. The van der Waals surface area contributed by atoms with Gasteiger partial charge in [-0.2, -0.15) is 0 Å². The molecule has 0 radical (unpaired) electrons. The lowest BCUT2D eigenvalue weighted by Gasteiger charge is -2.15. The van der Waals surface area contributed by atoms with Gasteiger partial charge in [0, 0.05) is 18.2 Å². The lowest BCUT2D eigenvalue weighted by molar-refractivity contribution is -0.127. The molecule has 6 nitrogen and oxygen atoms in total. The van der Waals surface area contributed by atoms with Gasteiger partial charge in [0.2, 0.25) is 11.1 Å². The van der Waals surface area contributed by atoms with Gasteiger partial charge < -0.3 is 9.32 Å². The second-order valence-electron chi connectivity index (χ2n) is 6.64. The quantitative estimate of drug-likeness (QED) is 0.412. The Kier molecular flexibility index (Phi) is 6.20. The van der Waals surface area contributed by atoms with Crippen molar-refractivity contribution in [1.82, 2.24) is 20.1 Å². The third kappa shape index (κ3) is 4.75. The maximum absolute atomic E-state index is 12.5. The van der Waals surface area contributed by atoms with Crippen LogP contribution in [0.15, 0.2) is 88.6 Å². The number of furan rings is 1. The Morgan fingerprint density at radius 3 is 2.20 bits per heavy atom. The van der Waals surface area contributed by atoms with Crippen LogP contribution < -0.4 is 0 Å². The SMILES string of the molecule is CN(Cc1ccco1)C(=O)CSc1nnc(-c2ccccc2)c(-c2ccccc2)n1. The number of carbonyl (C=O) groups excluding carboxylic acids is 1. The first-order valence-corrected chi connectivity index (χ1v) is 10.4. The molecule has 0 aliphatic rings. The van der Waals surface area contributed by atoms with E-state index in [2.05, 4.69) is 10.2 Å². The highest BCUT2D eigenvalue weighted by molar-refractivity contribution is 7.99. The smallest absolute Gasteiger partial charge is 0.233 e. The van der Waals surface area contributed by atoms with E-state index in [0.29, 0.717) is 17.4 Å². The Labute approximate surface area is 179 Å². The number of thioether (sulfide) groups is 1. The summed E-state index contributed by atoms with van der Waals surface area (Å²) in [6, 6.07) is 23.4. The van der Waals surface area contributed by atoms with Crippen LogP contribution in [0.25, 0.3) is 22.5 Å². The van der Waals surface area contributed by atoms with Crippen LogP contribution in [-0.2, 0) is 11.3 Å². The van der Waals surface area contributed by atoms with Crippen molar-refractivity contribution in [3.8, 4) is 22.5 Å². The monoisotopic (exact) mass is 416 g/mol. The van der Waals surface area contributed by atoms with Crippen LogP contribution in [0.5, 0.6) is 0 Å².